The molecule has 0 heterocycles. The molecule has 1 aromatic carbocycles. The van der Waals surface area contributed by atoms with Gasteiger partial charge in [0, 0.05) is 12.1 Å². The van der Waals surface area contributed by atoms with E-state index in [9.17, 15) is 0 Å². The van der Waals surface area contributed by atoms with Crippen LogP contribution in [0.15, 0.2) is 18.2 Å². The lowest BCUT2D eigenvalue weighted by Gasteiger charge is -2.01. The number of nitrogens with two attached hydrogens (primary N) is 1. The van der Waals surface area contributed by atoms with Gasteiger partial charge in [0.2, 0.25) is 0 Å². The van der Waals surface area contributed by atoms with Crippen molar-refractivity contribution >= 4 is 0 Å². The van der Waals surface area contributed by atoms with Crippen molar-refractivity contribution in [2.75, 3.05) is 0 Å². The van der Waals surface area contributed by atoms with Gasteiger partial charge in [0.05, 0.1) is 0 Å². The minimum atomic E-state index is 0.580. The Morgan fingerprint density at radius 2 is 2.27 bits per heavy atom. The highest BCUT2D eigenvalue weighted by Crippen LogP contribution is 2.08. The Bertz CT molecular complexity index is 294. The minimum absolute atomic E-state index is 0.580. The average Bonchev–Trinajstić information content (AvgIpc) is 2.04. The van der Waals surface area contributed by atoms with Crippen LogP contribution in [0.3, 0.4) is 0 Å². The molecule has 0 saturated heterocycles. The van der Waals surface area contributed by atoms with E-state index in [-0.39, 0.29) is 0 Å². The van der Waals surface area contributed by atoms with Crippen molar-refractivity contribution in [3.8, 4) is 12.3 Å². The first kappa shape index (κ1) is 7.84. The Hall–Kier alpha value is -1.26. The highest BCUT2D eigenvalue weighted by molar-refractivity contribution is 5.39. The monoisotopic (exact) mass is 145 g/mol. The van der Waals surface area contributed by atoms with Gasteiger partial charge in [-0.1, -0.05) is 12.0 Å². The Morgan fingerprint density at radius 3 is 2.73 bits per heavy atom. The highest BCUT2D eigenvalue weighted by Gasteiger charge is 1.94. The summed E-state index contributed by atoms with van der Waals surface area (Å²) in [6, 6.07) is 5.86. The molecule has 0 spiro atoms. The number of benzene rings is 1. The van der Waals surface area contributed by atoms with Crippen LogP contribution in [-0.4, -0.2) is 0 Å². The Balaban J connectivity index is 3.12. The summed E-state index contributed by atoms with van der Waals surface area (Å²) in [5, 5.41) is 0. The van der Waals surface area contributed by atoms with Crippen molar-refractivity contribution in [3.63, 3.8) is 0 Å². The Labute approximate surface area is 67.2 Å². The van der Waals surface area contributed by atoms with Crippen molar-refractivity contribution in [3.05, 3.63) is 34.9 Å². The quantitative estimate of drug-likeness (QED) is 0.594. The van der Waals surface area contributed by atoms with Gasteiger partial charge in [-0.3, -0.25) is 0 Å². The predicted octanol–water partition coefficient (Wildman–Crippen LogP) is 1.44. The van der Waals surface area contributed by atoms with Gasteiger partial charge < -0.3 is 5.73 Å². The zero-order valence-electron chi connectivity index (χ0n) is 6.59. The van der Waals surface area contributed by atoms with Gasteiger partial charge in [0.25, 0.3) is 0 Å². The fraction of sp³-hybridized carbons (Fsp3) is 0.200. The van der Waals surface area contributed by atoms with E-state index >= 15 is 0 Å². The number of hydrogen-bond acceptors (Lipinski definition) is 1. The Morgan fingerprint density at radius 1 is 1.55 bits per heavy atom. The van der Waals surface area contributed by atoms with E-state index in [2.05, 4.69) is 5.92 Å². The molecule has 1 aromatic rings. The third kappa shape index (κ3) is 1.60. The number of hydrogen-bond donors (Lipinski definition) is 1. The summed E-state index contributed by atoms with van der Waals surface area (Å²) in [6.07, 6.45) is 5.23. The molecule has 0 aliphatic rings. The fourth-order valence-corrected chi connectivity index (χ4v) is 1.01. The van der Waals surface area contributed by atoms with Crippen LogP contribution in [0.25, 0.3) is 0 Å². The lowest BCUT2D eigenvalue weighted by atomic mass is 10.1. The normalized spacial score (nSPS) is 9.18. The lowest BCUT2D eigenvalue weighted by Crippen LogP contribution is -1.98. The van der Waals surface area contributed by atoms with Crippen LogP contribution < -0.4 is 5.73 Å². The van der Waals surface area contributed by atoms with E-state index in [1.807, 2.05) is 25.1 Å². The SMILES string of the molecule is C#Cc1ccc(CN)c(C)c1. The maximum atomic E-state index is 5.49. The average molecular weight is 145 g/mol. The predicted molar refractivity (Wildman–Crippen MR) is 47.0 cm³/mol. The van der Waals surface area contributed by atoms with Crippen LogP contribution in [0.2, 0.25) is 0 Å². The molecule has 0 aliphatic heterocycles. The lowest BCUT2D eigenvalue weighted by molar-refractivity contribution is 1.05. The minimum Gasteiger partial charge on any atom is -0.326 e. The van der Waals surface area contributed by atoms with Gasteiger partial charge >= 0.3 is 0 Å². The molecule has 0 unspecified atom stereocenters. The van der Waals surface area contributed by atoms with E-state index in [0.717, 1.165) is 11.1 Å². The summed E-state index contributed by atoms with van der Waals surface area (Å²) in [6.45, 7) is 2.60. The van der Waals surface area contributed by atoms with Crippen molar-refractivity contribution in [2.24, 2.45) is 5.73 Å². The Kier molecular flexibility index (Phi) is 2.30. The summed E-state index contributed by atoms with van der Waals surface area (Å²) < 4.78 is 0. The number of rotatable bonds is 1. The van der Waals surface area contributed by atoms with Gasteiger partial charge in [-0.05, 0) is 30.2 Å². The topological polar surface area (TPSA) is 26.0 Å². The molecule has 0 atom stereocenters. The van der Waals surface area contributed by atoms with Gasteiger partial charge in [0.15, 0.2) is 0 Å². The van der Waals surface area contributed by atoms with Crippen LogP contribution in [0.5, 0.6) is 0 Å². The molecule has 0 aromatic heterocycles. The molecule has 2 N–H and O–H groups in total. The van der Waals surface area contributed by atoms with Crippen LogP contribution in [0.4, 0.5) is 0 Å². The van der Waals surface area contributed by atoms with Crippen molar-refractivity contribution < 1.29 is 0 Å². The zero-order chi connectivity index (χ0) is 8.27. The van der Waals surface area contributed by atoms with Crippen LogP contribution in [0.1, 0.15) is 16.7 Å². The van der Waals surface area contributed by atoms with Gasteiger partial charge in [-0.15, -0.1) is 6.42 Å². The molecule has 0 fully saturated rings. The third-order valence-corrected chi connectivity index (χ3v) is 1.73. The second-order valence-electron chi connectivity index (χ2n) is 2.49. The molecule has 0 aliphatic carbocycles. The van der Waals surface area contributed by atoms with E-state index < -0.39 is 0 Å². The van der Waals surface area contributed by atoms with E-state index in [0.29, 0.717) is 6.54 Å². The number of terminal acetylenes is 1. The first-order valence-electron chi connectivity index (χ1n) is 3.54. The standard InChI is InChI=1S/C10H11N/c1-3-9-4-5-10(7-11)8(2)6-9/h1,4-6H,7,11H2,2H3. The van der Waals surface area contributed by atoms with Crippen LogP contribution in [-0.2, 0) is 6.54 Å². The molecule has 0 amide bonds. The van der Waals surface area contributed by atoms with Gasteiger partial charge in [-0.25, -0.2) is 0 Å². The fourth-order valence-electron chi connectivity index (χ4n) is 1.01. The summed E-state index contributed by atoms with van der Waals surface area (Å²) in [5.41, 5.74) is 8.73. The first-order valence-corrected chi connectivity index (χ1v) is 3.54. The molecule has 0 saturated carbocycles. The summed E-state index contributed by atoms with van der Waals surface area (Å²) in [7, 11) is 0. The second-order valence-corrected chi connectivity index (χ2v) is 2.49. The van der Waals surface area contributed by atoms with Crippen molar-refractivity contribution in [2.45, 2.75) is 13.5 Å². The van der Waals surface area contributed by atoms with Crippen molar-refractivity contribution in [1.29, 1.82) is 0 Å². The van der Waals surface area contributed by atoms with Crippen molar-refractivity contribution in [1.82, 2.24) is 0 Å². The largest absolute Gasteiger partial charge is 0.326 e. The maximum absolute atomic E-state index is 5.49. The molecule has 11 heavy (non-hydrogen) atoms. The maximum Gasteiger partial charge on any atom is 0.0245 e. The molecular formula is C10H11N. The van der Waals surface area contributed by atoms with E-state index in [1.54, 1.807) is 0 Å². The molecule has 1 nitrogen and oxygen atoms in total. The molecule has 0 bridgehead atoms. The second kappa shape index (κ2) is 3.23. The molecular weight excluding hydrogens is 134 g/mol. The van der Waals surface area contributed by atoms with Crippen LogP contribution in [0, 0.1) is 19.3 Å². The molecule has 1 rings (SSSR count). The molecule has 0 radical (unpaired) electrons. The molecule has 1 heteroatoms. The van der Waals surface area contributed by atoms with E-state index in [1.165, 1.54) is 5.56 Å². The summed E-state index contributed by atoms with van der Waals surface area (Å²) in [5.74, 6) is 2.58. The molecule has 56 valence electrons. The van der Waals surface area contributed by atoms with E-state index in [4.69, 9.17) is 12.2 Å². The highest BCUT2D eigenvalue weighted by atomic mass is 14.5. The van der Waals surface area contributed by atoms with Gasteiger partial charge in [0.1, 0.15) is 0 Å². The first-order chi connectivity index (χ1) is 5.27. The van der Waals surface area contributed by atoms with Crippen LogP contribution >= 0.6 is 0 Å². The summed E-state index contributed by atoms with van der Waals surface area (Å²) in [4.78, 5) is 0. The summed E-state index contributed by atoms with van der Waals surface area (Å²) >= 11 is 0. The van der Waals surface area contributed by atoms with Gasteiger partial charge in [-0.2, -0.15) is 0 Å². The third-order valence-electron chi connectivity index (χ3n) is 1.73. The number of aryl methyl sites for hydroxylation is 1. The zero-order valence-corrected chi connectivity index (χ0v) is 6.59. The smallest absolute Gasteiger partial charge is 0.0245 e.